The molecule has 7 nitrogen and oxygen atoms in total. The monoisotopic (exact) mass is 539 g/mol. The van der Waals surface area contributed by atoms with Crippen LogP contribution in [0.3, 0.4) is 0 Å². The van der Waals surface area contributed by atoms with Crippen molar-refractivity contribution in [1.29, 1.82) is 0 Å². The van der Waals surface area contributed by atoms with E-state index in [1.165, 1.54) is 6.07 Å². The first-order valence-electron chi connectivity index (χ1n) is 9.70. The number of rotatable bonds is 5. The van der Waals surface area contributed by atoms with Crippen LogP contribution in [0.2, 0.25) is 0 Å². The molecule has 1 heterocycles. The van der Waals surface area contributed by atoms with Crippen molar-refractivity contribution in [2.45, 2.75) is 6.54 Å². The predicted molar refractivity (Wildman–Crippen MR) is 129 cm³/mol. The molecule has 0 atom stereocenters. The molecule has 0 saturated carbocycles. The van der Waals surface area contributed by atoms with Crippen LogP contribution in [0.5, 0.6) is 5.75 Å². The van der Waals surface area contributed by atoms with Gasteiger partial charge in [-0.2, -0.15) is 0 Å². The lowest BCUT2D eigenvalue weighted by Crippen LogP contribution is -2.37. The molecule has 1 aliphatic heterocycles. The third-order valence-corrected chi connectivity index (χ3v) is 5.56. The Labute approximate surface area is 197 Å². The van der Waals surface area contributed by atoms with Crippen LogP contribution < -0.4 is 16.0 Å². The summed E-state index contributed by atoms with van der Waals surface area (Å²) >= 11 is 2.13. The second kappa shape index (κ2) is 9.23. The molecule has 32 heavy (non-hydrogen) atoms. The normalized spacial score (nSPS) is 14.0. The number of hydrogen-bond donors (Lipinski definition) is 4. The molecule has 3 aromatic rings. The van der Waals surface area contributed by atoms with E-state index < -0.39 is 11.8 Å². The Kier molecular flexibility index (Phi) is 6.22. The fourth-order valence-corrected chi connectivity index (χ4v) is 3.78. The molecule has 0 spiro atoms. The molecule has 0 aromatic heterocycles. The number of nitrogens with one attached hydrogen (secondary N) is 3. The molecule has 1 aliphatic rings. The number of amides is 3. The fourth-order valence-electron chi connectivity index (χ4n) is 3.29. The first-order chi connectivity index (χ1) is 15.4. The maximum absolute atomic E-state index is 12.3. The topological polar surface area (TPSA) is 108 Å². The lowest BCUT2D eigenvalue weighted by molar-refractivity contribution is -0.114. The van der Waals surface area contributed by atoms with Gasteiger partial charge in [0.15, 0.2) is 0 Å². The molecular weight excluding hydrogens is 521 g/mol. The van der Waals surface area contributed by atoms with E-state index in [9.17, 15) is 19.5 Å². The molecule has 3 aromatic carbocycles. The summed E-state index contributed by atoms with van der Waals surface area (Å²) in [6, 6.07) is 18.9. The van der Waals surface area contributed by atoms with Crippen LogP contribution in [0.25, 0.3) is 5.57 Å². The van der Waals surface area contributed by atoms with Gasteiger partial charge in [-0.15, -0.1) is 0 Å². The third-order valence-electron chi connectivity index (χ3n) is 4.89. The van der Waals surface area contributed by atoms with Crippen molar-refractivity contribution in [1.82, 2.24) is 10.6 Å². The Hall–Kier alpha value is -3.66. The fraction of sp³-hybridized carbons (Fsp3) is 0.0417. The highest BCUT2D eigenvalue weighted by molar-refractivity contribution is 14.1. The average molecular weight is 539 g/mol. The minimum atomic E-state index is -0.473. The number of phenolic OH excluding ortho intramolecular Hbond substituents is 1. The molecule has 0 aliphatic carbocycles. The Morgan fingerprint density at radius 2 is 1.75 bits per heavy atom. The Bertz CT molecular complexity index is 1260. The van der Waals surface area contributed by atoms with E-state index in [0.29, 0.717) is 34.5 Å². The van der Waals surface area contributed by atoms with E-state index in [-0.39, 0.29) is 11.7 Å². The van der Waals surface area contributed by atoms with Crippen LogP contribution in [0.15, 0.2) is 72.9 Å². The molecule has 8 heteroatoms. The quantitative estimate of drug-likeness (QED) is 0.172. The first kappa shape index (κ1) is 21.6. The standard InChI is InChI=1S/C24H18IN3O4/c25-16-7-8-17-18(11-16)19(24(32)28-23(17)31)13-26-12-14-6-9-20(21(29)10-14)27-22(30)15-4-2-1-3-5-15/h1-11,13,26,29H,12H2,(H,27,30)(H,28,31,32). The second-order valence-electron chi connectivity index (χ2n) is 7.08. The SMILES string of the molecule is O=C1NC(=O)c2ccc(I)cc2C1=CNCc1ccc(NC(=O)c2ccccc2)c(O)c1. The summed E-state index contributed by atoms with van der Waals surface area (Å²) in [6.07, 6.45) is 1.55. The number of phenols is 1. The smallest absolute Gasteiger partial charge is 0.260 e. The Morgan fingerprint density at radius 1 is 0.969 bits per heavy atom. The number of carbonyl (C=O) groups is 3. The van der Waals surface area contributed by atoms with Crippen LogP contribution in [0.4, 0.5) is 5.69 Å². The zero-order valence-electron chi connectivity index (χ0n) is 16.7. The van der Waals surface area contributed by atoms with Crippen molar-refractivity contribution >= 4 is 51.6 Å². The van der Waals surface area contributed by atoms with Crippen molar-refractivity contribution in [3.8, 4) is 5.75 Å². The number of aromatic hydroxyl groups is 1. The number of anilines is 1. The van der Waals surface area contributed by atoms with Gasteiger partial charge in [0, 0.05) is 33.0 Å². The molecule has 0 saturated heterocycles. The minimum absolute atomic E-state index is 0.0675. The Morgan fingerprint density at radius 3 is 2.50 bits per heavy atom. The minimum Gasteiger partial charge on any atom is -0.506 e. The van der Waals surface area contributed by atoms with Crippen molar-refractivity contribution in [3.63, 3.8) is 0 Å². The zero-order chi connectivity index (χ0) is 22.7. The molecular formula is C24H18IN3O4. The number of imide groups is 1. The molecule has 0 unspecified atom stereocenters. The molecule has 4 rings (SSSR count). The third kappa shape index (κ3) is 4.65. The molecule has 0 bridgehead atoms. The number of benzene rings is 3. The van der Waals surface area contributed by atoms with Crippen molar-refractivity contribution in [3.05, 3.63) is 98.8 Å². The van der Waals surface area contributed by atoms with Gasteiger partial charge in [-0.05, 0) is 70.6 Å². The average Bonchev–Trinajstić information content (AvgIpc) is 2.78. The number of hydrogen-bond acceptors (Lipinski definition) is 5. The van der Waals surface area contributed by atoms with Crippen LogP contribution in [0.1, 0.15) is 31.8 Å². The molecule has 3 amide bonds. The van der Waals surface area contributed by atoms with Crippen LogP contribution in [-0.2, 0) is 11.3 Å². The van der Waals surface area contributed by atoms with E-state index in [0.717, 1.165) is 9.13 Å². The summed E-state index contributed by atoms with van der Waals surface area (Å²) in [5.41, 5.74) is 2.90. The lowest BCUT2D eigenvalue weighted by atomic mass is 9.95. The summed E-state index contributed by atoms with van der Waals surface area (Å²) in [7, 11) is 0. The van der Waals surface area contributed by atoms with Gasteiger partial charge in [-0.3, -0.25) is 19.7 Å². The number of fused-ring (bicyclic) bond motifs is 1. The highest BCUT2D eigenvalue weighted by Crippen LogP contribution is 2.27. The molecule has 4 N–H and O–H groups in total. The van der Waals surface area contributed by atoms with E-state index in [1.54, 1.807) is 60.8 Å². The lowest BCUT2D eigenvalue weighted by Gasteiger charge is -2.18. The number of carbonyl (C=O) groups excluding carboxylic acids is 3. The highest BCUT2D eigenvalue weighted by atomic mass is 127. The Balaban J connectivity index is 1.46. The van der Waals surface area contributed by atoms with E-state index in [4.69, 9.17) is 0 Å². The first-order valence-corrected chi connectivity index (χ1v) is 10.8. The van der Waals surface area contributed by atoms with Crippen molar-refractivity contribution in [2.24, 2.45) is 0 Å². The van der Waals surface area contributed by atoms with Gasteiger partial charge in [-0.1, -0.05) is 24.3 Å². The largest absolute Gasteiger partial charge is 0.506 e. The molecule has 0 radical (unpaired) electrons. The van der Waals surface area contributed by atoms with Gasteiger partial charge in [0.2, 0.25) is 0 Å². The summed E-state index contributed by atoms with van der Waals surface area (Å²) < 4.78 is 0.910. The van der Waals surface area contributed by atoms with E-state index >= 15 is 0 Å². The zero-order valence-corrected chi connectivity index (χ0v) is 18.8. The second-order valence-corrected chi connectivity index (χ2v) is 8.33. The maximum atomic E-state index is 12.3. The van der Waals surface area contributed by atoms with Crippen LogP contribution in [-0.4, -0.2) is 22.8 Å². The van der Waals surface area contributed by atoms with Crippen molar-refractivity contribution < 1.29 is 19.5 Å². The van der Waals surface area contributed by atoms with E-state index in [1.807, 2.05) is 6.07 Å². The summed E-state index contributed by atoms with van der Waals surface area (Å²) in [5.74, 6) is -1.28. The van der Waals surface area contributed by atoms with Gasteiger partial charge in [0.1, 0.15) is 5.75 Å². The maximum Gasteiger partial charge on any atom is 0.260 e. The van der Waals surface area contributed by atoms with Gasteiger partial charge in [0.05, 0.1) is 11.3 Å². The molecule has 160 valence electrons. The van der Waals surface area contributed by atoms with E-state index in [2.05, 4.69) is 38.5 Å². The predicted octanol–water partition coefficient (Wildman–Crippen LogP) is 3.65. The van der Waals surface area contributed by atoms with Gasteiger partial charge in [-0.25, -0.2) is 0 Å². The number of halogens is 1. The van der Waals surface area contributed by atoms with Gasteiger partial charge < -0.3 is 15.7 Å². The van der Waals surface area contributed by atoms with Crippen LogP contribution in [0, 0.1) is 3.57 Å². The van der Waals surface area contributed by atoms with Crippen molar-refractivity contribution in [2.75, 3.05) is 5.32 Å². The van der Waals surface area contributed by atoms with Gasteiger partial charge in [0.25, 0.3) is 17.7 Å². The summed E-state index contributed by atoms with van der Waals surface area (Å²) in [5, 5.41) is 18.4. The molecule has 0 fully saturated rings. The summed E-state index contributed by atoms with van der Waals surface area (Å²) in [4.78, 5) is 36.6. The highest BCUT2D eigenvalue weighted by Gasteiger charge is 2.27. The summed E-state index contributed by atoms with van der Waals surface area (Å²) in [6.45, 7) is 0.324. The van der Waals surface area contributed by atoms with Gasteiger partial charge >= 0.3 is 0 Å². The van der Waals surface area contributed by atoms with Crippen LogP contribution >= 0.6 is 22.6 Å².